The summed E-state index contributed by atoms with van der Waals surface area (Å²) >= 11 is 0. The maximum Gasteiger partial charge on any atom is 0.416 e. The summed E-state index contributed by atoms with van der Waals surface area (Å²) in [5.74, 6) is 0.609. The van der Waals surface area contributed by atoms with E-state index in [-0.39, 0.29) is 0 Å². The van der Waals surface area contributed by atoms with E-state index in [2.05, 4.69) is 0 Å². The van der Waals surface area contributed by atoms with Crippen LogP contribution in [-0.2, 0) is 12.6 Å². The Hall–Kier alpha value is -1.75. The molecular formula is C14H14F3NO. The van der Waals surface area contributed by atoms with Gasteiger partial charge in [0.05, 0.1) is 17.9 Å². The second-order valence-electron chi connectivity index (χ2n) is 4.48. The molecule has 0 aliphatic carbocycles. The first-order valence-electron chi connectivity index (χ1n) is 5.83. The van der Waals surface area contributed by atoms with Crippen LogP contribution in [0.5, 0.6) is 0 Å². The lowest BCUT2D eigenvalue weighted by atomic mass is 10.0. The molecular weight excluding hydrogens is 255 g/mol. The summed E-state index contributed by atoms with van der Waals surface area (Å²) in [6, 6.07) is 6.53. The van der Waals surface area contributed by atoms with Gasteiger partial charge < -0.3 is 10.2 Å². The average molecular weight is 269 g/mol. The third-order valence-electron chi connectivity index (χ3n) is 2.95. The molecule has 0 amide bonds. The Kier molecular flexibility index (Phi) is 3.66. The molecule has 2 aromatic rings. The van der Waals surface area contributed by atoms with Gasteiger partial charge in [-0.3, -0.25) is 0 Å². The van der Waals surface area contributed by atoms with Gasteiger partial charge in [0, 0.05) is 0 Å². The molecule has 102 valence electrons. The number of halogens is 3. The molecule has 0 saturated carbocycles. The second kappa shape index (κ2) is 5.09. The molecule has 1 aromatic carbocycles. The summed E-state index contributed by atoms with van der Waals surface area (Å²) in [4.78, 5) is 0. The first-order chi connectivity index (χ1) is 8.88. The SMILES string of the molecule is Cc1ccoc1C(N)Cc1cccc(C(F)(F)F)c1. The Balaban J connectivity index is 2.18. The molecule has 2 N–H and O–H groups in total. The standard InChI is InChI=1S/C14H14F3NO/c1-9-5-6-19-13(9)12(18)8-10-3-2-4-11(7-10)14(15,16)17/h2-7,12H,8,18H2,1H3. The molecule has 0 saturated heterocycles. The Morgan fingerprint density at radius 1 is 1.26 bits per heavy atom. The molecule has 5 heteroatoms. The van der Waals surface area contributed by atoms with Gasteiger partial charge in [0.25, 0.3) is 0 Å². The number of nitrogens with two attached hydrogens (primary N) is 1. The topological polar surface area (TPSA) is 39.2 Å². The summed E-state index contributed by atoms with van der Waals surface area (Å²) < 4.78 is 43.0. The highest BCUT2D eigenvalue weighted by molar-refractivity contribution is 5.28. The summed E-state index contributed by atoms with van der Waals surface area (Å²) in [5.41, 5.74) is 6.74. The second-order valence-corrected chi connectivity index (χ2v) is 4.48. The van der Waals surface area contributed by atoms with Crippen molar-refractivity contribution < 1.29 is 17.6 Å². The third kappa shape index (κ3) is 3.17. The molecule has 0 spiro atoms. The minimum atomic E-state index is -4.33. The van der Waals surface area contributed by atoms with Gasteiger partial charge in [-0.25, -0.2) is 0 Å². The fraction of sp³-hybridized carbons (Fsp3) is 0.286. The van der Waals surface area contributed by atoms with E-state index >= 15 is 0 Å². The largest absolute Gasteiger partial charge is 0.467 e. The summed E-state index contributed by atoms with van der Waals surface area (Å²) in [7, 11) is 0. The van der Waals surface area contributed by atoms with Crippen LogP contribution in [0.3, 0.4) is 0 Å². The van der Waals surface area contributed by atoms with Gasteiger partial charge in [0.1, 0.15) is 5.76 Å². The number of hydrogen-bond acceptors (Lipinski definition) is 2. The average Bonchev–Trinajstić information content (AvgIpc) is 2.75. The van der Waals surface area contributed by atoms with Gasteiger partial charge in [-0.2, -0.15) is 13.2 Å². The highest BCUT2D eigenvalue weighted by Crippen LogP contribution is 2.30. The molecule has 2 rings (SSSR count). The van der Waals surface area contributed by atoms with E-state index in [1.165, 1.54) is 12.3 Å². The van der Waals surface area contributed by atoms with Crippen LogP contribution in [0.25, 0.3) is 0 Å². The van der Waals surface area contributed by atoms with Crippen LogP contribution in [0.4, 0.5) is 13.2 Å². The summed E-state index contributed by atoms with van der Waals surface area (Å²) in [5, 5.41) is 0. The van der Waals surface area contributed by atoms with Gasteiger partial charge in [0.15, 0.2) is 0 Å². The van der Waals surface area contributed by atoms with Crippen molar-refractivity contribution in [1.82, 2.24) is 0 Å². The molecule has 0 aliphatic rings. The number of hydrogen-bond donors (Lipinski definition) is 1. The lowest BCUT2D eigenvalue weighted by molar-refractivity contribution is -0.137. The van der Waals surface area contributed by atoms with Crippen molar-refractivity contribution in [2.24, 2.45) is 5.73 Å². The molecule has 1 atom stereocenters. The quantitative estimate of drug-likeness (QED) is 0.919. The predicted octanol–water partition coefficient (Wildman–Crippen LogP) is 3.85. The highest BCUT2D eigenvalue weighted by Gasteiger charge is 2.30. The Labute approximate surface area is 109 Å². The molecule has 1 aromatic heterocycles. The van der Waals surface area contributed by atoms with Crippen LogP contribution >= 0.6 is 0 Å². The minimum Gasteiger partial charge on any atom is -0.467 e. The van der Waals surface area contributed by atoms with E-state index in [1.807, 2.05) is 6.92 Å². The van der Waals surface area contributed by atoms with E-state index in [9.17, 15) is 13.2 Å². The molecule has 0 aliphatic heterocycles. The fourth-order valence-corrected chi connectivity index (χ4v) is 1.99. The van der Waals surface area contributed by atoms with E-state index < -0.39 is 17.8 Å². The first-order valence-corrected chi connectivity index (χ1v) is 5.83. The zero-order valence-electron chi connectivity index (χ0n) is 10.4. The van der Waals surface area contributed by atoms with Gasteiger partial charge in [-0.05, 0) is 36.6 Å². The number of rotatable bonds is 3. The van der Waals surface area contributed by atoms with E-state index in [0.29, 0.717) is 17.7 Å². The van der Waals surface area contributed by atoms with Crippen LogP contribution in [0, 0.1) is 6.92 Å². The maximum atomic E-state index is 12.6. The van der Waals surface area contributed by atoms with E-state index in [4.69, 9.17) is 10.2 Å². The monoisotopic (exact) mass is 269 g/mol. The van der Waals surface area contributed by atoms with Crippen molar-refractivity contribution in [3.8, 4) is 0 Å². The zero-order chi connectivity index (χ0) is 14.0. The van der Waals surface area contributed by atoms with Crippen LogP contribution in [0.2, 0.25) is 0 Å². The lowest BCUT2D eigenvalue weighted by Crippen LogP contribution is -2.14. The molecule has 1 heterocycles. The van der Waals surface area contributed by atoms with Gasteiger partial charge >= 0.3 is 6.18 Å². The van der Waals surface area contributed by atoms with E-state index in [1.54, 1.807) is 12.1 Å². The van der Waals surface area contributed by atoms with Crippen molar-refractivity contribution in [1.29, 1.82) is 0 Å². The molecule has 0 fully saturated rings. The number of benzene rings is 1. The maximum absolute atomic E-state index is 12.6. The van der Waals surface area contributed by atoms with Crippen molar-refractivity contribution in [2.45, 2.75) is 25.6 Å². The fourth-order valence-electron chi connectivity index (χ4n) is 1.99. The number of aryl methyl sites for hydroxylation is 1. The van der Waals surface area contributed by atoms with Crippen LogP contribution in [0.1, 0.15) is 28.5 Å². The number of alkyl halides is 3. The Bertz CT molecular complexity index is 560. The normalized spacial score (nSPS) is 13.5. The van der Waals surface area contributed by atoms with Crippen LogP contribution < -0.4 is 5.73 Å². The zero-order valence-corrected chi connectivity index (χ0v) is 10.4. The van der Waals surface area contributed by atoms with Crippen molar-refractivity contribution >= 4 is 0 Å². The molecule has 1 unspecified atom stereocenters. The first kappa shape index (κ1) is 13.7. The highest BCUT2D eigenvalue weighted by atomic mass is 19.4. The lowest BCUT2D eigenvalue weighted by Gasteiger charge is -2.12. The molecule has 2 nitrogen and oxygen atoms in total. The smallest absolute Gasteiger partial charge is 0.416 e. The molecule has 0 radical (unpaired) electrons. The van der Waals surface area contributed by atoms with Gasteiger partial charge in [0.2, 0.25) is 0 Å². The van der Waals surface area contributed by atoms with Gasteiger partial charge in [-0.15, -0.1) is 0 Å². The minimum absolute atomic E-state index is 0.304. The summed E-state index contributed by atoms with van der Waals surface area (Å²) in [6.45, 7) is 1.85. The summed E-state index contributed by atoms with van der Waals surface area (Å²) in [6.07, 6.45) is -2.50. The Morgan fingerprint density at radius 3 is 2.58 bits per heavy atom. The van der Waals surface area contributed by atoms with Gasteiger partial charge in [-0.1, -0.05) is 18.2 Å². The van der Waals surface area contributed by atoms with Crippen LogP contribution in [-0.4, -0.2) is 0 Å². The van der Waals surface area contributed by atoms with Crippen LogP contribution in [0.15, 0.2) is 41.0 Å². The van der Waals surface area contributed by atoms with E-state index in [0.717, 1.165) is 17.7 Å². The predicted molar refractivity (Wildman–Crippen MR) is 65.5 cm³/mol. The van der Waals surface area contributed by atoms with Crippen molar-refractivity contribution in [3.05, 3.63) is 59.0 Å². The molecule has 19 heavy (non-hydrogen) atoms. The molecule has 0 bridgehead atoms. The third-order valence-corrected chi connectivity index (χ3v) is 2.95. The number of furan rings is 1. The van der Waals surface area contributed by atoms with Crippen molar-refractivity contribution in [2.75, 3.05) is 0 Å². The van der Waals surface area contributed by atoms with Crippen molar-refractivity contribution in [3.63, 3.8) is 0 Å². The Morgan fingerprint density at radius 2 is 2.00 bits per heavy atom.